The number of thiazole rings is 1. The van der Waals surface area contributed by atoms with Crippen LogP contribution in [0.5, 0.6) is 0 Å². The van der Waals surface area contributed by atoms with Gasteiger partial charge in [-0.05, 0) is 37.9 Å². The van der Waals surface area contributed by atoms with Gasteiger partial charge >= 0.3 is 0 Å². The molecule has 1 amide bonds. The lowest BCUT2D eigenvalue weighted by atomic mass is 10.2. The third-order valence-corrected chi connectivity index (χ3v) is 6.81. The van der Waals surface area contributed by atoms with E-state index in [1.54, 1.807) is 11.3 Å². The molecule has 19 heavy (non-hydrogen) atoms. The Hall–Kier alpha value is -0.240. The van der Waals surface area contributed by atoms with Gasteiger partial charge in [0.05, 0.1) is 25.9 Å². The lowest BCUT2D eigenvalue weighted by Crippen LogP contribution is -2.21. The van der Waals surface area contributed by atoms with Crippen LogP contribution in [0, 0.1) is 0 Å². The Kier molecular flexibility index (Phi) is 5.16. The van der Waals surface area contributed by atoms with Crippen molar-refractivity contribution in [1.82, 2.24) is 10.3 Å². The summed E-state index contributed by atoms with van der Waals surface area (Å²) < 4.78 is 1.83. The van der Waals surface area contributed by atoms with Crippen molar-refractivity contribution in [3.8, 4) is 0 Å². The van der Waals surface area contributed by atoms with E-state index in [0.717, 1.165) is 19.0 Å². The number of thiophene rings is 1. The Labute approximate surface area is 136 Å². The van der Waals surface area contributed by atoms with Crippen LogP contribution in [0.2, 0.25) is 0 Å². The van der Waals surface area contributed by atoms with Gasteiger partial charge in [-0.3, -0.25) is 4.79 Å². The molecule has 0 spiro atoms. The predicted octanol–water partition coefficient (Wildman–Crippen LogP) is 4.78. The van der Waals surface area contributed by atoms with Gasteiger partial charge in [-0.25, -0.2) is 4.98 Å². The standard InChI is InChI=1S/C12H12Br2N2OS2/c1-6(2)12-16-7(5-18-12)4-15-11(17)9-3-8(13)10(14)19-9/h3,5-6H,4H2,1-2H3,(H,15,17). The molecule has 1 N–H and O–H groups in total. The summed E-state index contributed by atoms with van der Waals surface area (Å²) in [5, 5.41) is 5.98. The van der Waals surface area contributed by atoms with Crippen molar-refractivity contribution in [2.75, 3.05) is 0 Å². The summed E-state index contributed by atoms with van der Waals surface area (Å²) in [6, 6.07) is 1.81. The Balaban J connectivity index is 1.96. The number of hydrogen-bond acceptors (Lipinski definition) is 4. The zero-order valence-corrected chi connectivity index (χ0v) is 15.2. The number of halogens is 2. The van der Waals surface area contributed by atoms with Crippen LogP contribution < -0.4 is 5.32 Å². The molecule has 3 nitrogen and oxygen atoms in total. The largest absolute Gasteiger partial charge is 0.346 e. The van der Waals surface area contributed by atoms with E-state index >= 15 is 0 Å². The number of carbonyl (C=O) groups is 1. The van der Waals surface area contributed by atoms with Crippen molar-refractivity contribution in [3.63, 3.8) is 0 Å². The SMILES string of the molecule is CC(C)c1nc(CNC(=O)c2cc(Br)c(Br)s2)cs1. The van der Waals surface area contributed by atoms with Crippen LogP contribution in [-0.2, 0) is 6.54 Å². The molecular weight excluding hydrogens is 412 g/mol. The Morgan fingerprint density at radius 1 is 1.47 bits per heavy atom. The van der Waals surface area contributed by atoms with Crippen molar-refractivity contribution in [1.29, 1.82) is 0 Å². The van der Waals surface area contributed by atoms with Crippen molar-refractivity contribution < 1.29 is 4.79 Å². The first-order valence-corrected chi connectivity index (χ1v) is 8.93. The molecule has 0 saturated carbocycles. The summed E-state index contributed by atoms with van der Waals surface area (Å²) >= 11 is 9.80. The fourth-order valence-electron chi connectivity index (χ4n) is 1.39. The number of hydrogen-bond donors (Lipinski definition) is 1. The number of nitrogens with one attached hydrogen (secondary N) is 1. The smallest absolute Gasteiger partial charge is 0.261 e. The van der Waals surface area contributed by atoms with Crippen LogP contribution in [0.4, 0.5) is 0 Å². The normalized spacial score (nSPS) is 11.0. The van der Waals surface area contributed by atoms with E-state index in [1.165, 1.54) is 11.3 Å². The molecule has 0 aliphatic heterocycles. The molecule has 0 bridgehead atoms. The molecule has 0 aliphatic rings. The van der Waals surface area contributed by atoms with E-state index < -0.39 is 0 Å². The summed E-state index contributed by atoms with van der Waals surface area (Å²) in [6.07, 6.45) is 0. The highest BCUT2D eigenvalue weighted by molar-refractivity contribution is 9.13. The molecule has 0 aromatic carbocycles. The molecule has 102 valence electrons. The van der Waals surface area contributed by atoms with Crippen molar-refractivity contribution >= 4 is 60.4 Å². The van der Waals surface area contributed by atoms with E-state index in [2.05, 4.69) is 56.0 Å². The van der Waals surface area contributed by atoms with Crippen LogP contribution in [0.25, 0.3) is 0 Å². The first-order chi connectivity index (χ1) is 8.97. The molecule has 2 aromatic heterocycles. The van der Waals surface area contributed by atoms with E-state index in [4.69, 9.17) is 0 Å². The van der Waals surface area contributed by atoms with Gasteiger partial charge in [-0.2, -0.15) is 0 Å². The minimum atomic E-state index is -0.0736. The maximum absolute atomic E-state index is 12.0. The number of rotatable bonds is 4. The lowest BCUT2D eigenvalue weighted by molar-refractivity contribution is 0.0954. The van der Waals surface area contributed by atoms with Gasteiger partial charge in [-0.1, -0.05) is 13.8 Å². The van der Waals surface area contributed by atoms with Crippen molar-refractivity contribution in [3.05, 3.63) is 35.3 Å². The number of amides is 1. The van der Waals surface area contributed by atoms with Crippen LogP contribution in [0.3, 0.4) is 0 Å². The molecule has 2 rings (SSSR count). The van der Waals surface area contributed by atoms with Gasteiger partial charge in [0.2, 0.25) is 0 Å². The van der Waals surface area contributed by atoms with Gasteiger partial charge in [0, 0.05) is 15.8 Å². The van der Waals surface area contributed by atoms with E-state index in [0.29, 0.717) is 17.3 Å². The monoisotopic (exact) mass is 422 g/mol. The molecular formula is C12H12Br2N2OS2. The van der Waals surface area contributed by atoms with E-state index in [9.17, 15) is 4.79 Å². The molecule has 2 aromatic rings. The first-order valence-electron chi connectivity index (χ1n) is 5.64. The molecule has 7 heteroatoms. The molecule has 0 aliphatic carbocycles. The highest BCUT2D eigenvalue weighted by Crippen LogP contribution is 2.32. The zero-order valence-electron chi connectivity index (χ0n) is 10.4. The molecule has 0 saturated heterocycles. The van der Waals surface area contributed by atoms with Crippen LogP contribution in [0.15, 0.2) is 19.7 Å². The molecule has 0 atom stereocenters. The first kappa shape index (κ1) is 15.2. The van der Waals surface area contributed by atoms with E-state index in [1.807, 2.05) is 11.4 Å². The number of nitrogens with zero attached hydrogens (tertiary/aromatic N) is 1. The third kappa shape index (κ3) is 3.87. The van der Waals surface area contributed by atoms with Gasteiger partial charge in [0.1, 0.15) is 0 Å². The summed E-state index contributed by atoms with van der Waals surface area (Å²) in [5.74, 6) is 0.356. The minimum Gasteiger partial charge on any atom is -0.346 e. The summed E-state index contributed by atoms with van der Waals surface area (Å²) in [5.41, 5.74) is 0.914. The number of carbonyl (C=O) groups excluding carboxylic acids is 1. The lowest BCUT2D eigenvalue weighted by Gasteiger charge is -2.01. The van der Waals surface area contributed by atoms with Gasteiger partial charge < -0.3 is 5.32 Å². The zero-order chi connectivity index (χ0) is 14.0. The maximum Gasteiger partial charge on any atom is 0.261 e. The van der Waals surface area contributed by atoms with Gasteiger partial charge in [-0.15, -0.1) is 22.7 Å². The van der Waals surface area contributed by atoms with Crippen molar-refractivity contribution in [2.45, 2.75) is 26.3 Å². The maximum atomic E-state index is 12.0. The quantitative estimate of drug-likeness (QED) is 0.768. The second-order valence-corrected chi connectivity index (χ2v) is 8.36. The average Bonchev–Trinajstić information content (AvgIpc) is 2.94. The fourth-order valence-corrected chi connectivity index (χ4v) is 4.17. The van der Waals surface area contributed by atoms with Crippen LogP contribution in [-0.4, -0.2) is 10.9 Å². The number of aromatic nitrogens is 1. The summed E-state index contributed by atoms with van der Waals surface area (Å²) in [7, 11) is 0. The fraction of sp³-hybridized carbons (Fsp3) is 0.333. The van der Waals surface area contributed by atoms with Crippen LogP contribution in [0.1, 0.15) is 40.1 Å². The van der Waals surface area contributed by atoms with Gasteiger partial charge in [0.25, 0.3) is 5.91 Å². The Morgan fingerprint density at radius 3 is 2.74 bits per heavy atom. The van der Waals surface area contributed by atoms with Crippen molar-refractivity contribution in [2.24, 2.45) is 0 Å². The molecule has 0 fully saturated rings. The molecule has 2 heterocycles. The Bertz CT molecular complexity index is 573. The highest BCUT2D eigenvalue weighted by Gasteiger charge is 2.12. The second-order valence-electron chi connectivity index (χ2n) is 4.25. The van der Waals surface area contributed by atoms with Gasteiger partial charge in [0.15, 0.2) is 0 Å². The van der Waals surface area contributed by atoms with E-state index in [-0.39, 0.29) is 5.91 Å². The minimum absolute atomic E-state index is 0.0736. The second kappa shape index (κ2) is 6.47. The summed E-state index contributed by atoms with van der Waals surface area (Å²) in [6.45, 7) is 4.69. The molecule has 0 unspecified atom stereocenters. The third-order valence-electron chi connectivity index (χ3n) is 2.36. The average molecular weight is 424 g/mol. The Morgan fingerprint density at radius 2 is 2.21 bits per heavy atom. The highest BCUT2D eigenvalue weighted by atomic mass is 79.9. The predicted molar refractivity (Wildman–Crippen MR) is 87.1 cm³/mol. The topological polar surface area (TPSA) is 42.0 Å². The molecule has 0 radical (unpaired) electrons. The van der Waals surface area contributed by atoms with Crippen LogP contribution >= 0.6 is 54.5 Å². The summed E-state index contributed by atoms with van der Waals surface area (Å²) in [4.78, 5) is 17.1.